The predicted molar refractivity (Wildman–Crippen MR) is 124 cm³/mol. The lowest BCUT2D eigenvalue weighted by molar-refractivity contribution is 0.419. The van der Waals surface area contributed by atoms with Gasteiger partial charge in [-0.2, -0.15) is 0 Å². The molecule has 0 radical (unpaired) electrons. The first-order valence-corrected chi connectivity index (χ1v) is 16.3. The number of methoxy groups -OCH3 is 1. The van der Waals surface area contributed by atoms with Crippen molar-refractivity contribution >= 4 is 21.3 Å². The van der Waals surface area contributed by atoms with E-state index in [0.29, 0.717) is 0 Å². The van der Waals surface area contributed by atoms with E-state index in [1.807, 2.05) is 7.11 Å². The number of aryl methyl sites for hydroxylation is 1. The zero-order valence-corrected chi connectivity index (χ0v) is 19.8. The number of hydrogen-bond acceptors (Lipinski definition) is 1. The van der Waals surface area contributed by atoms with Gasteiger partial charge in [0.15, 0.2) is 0 Å². The van der Waals surface area contributed by atoms with Gasteiger partial charge in [-0.3, -0.25) is 0 Å². The molecule has 2 aromatic carbocycles. The second-order valence-corrected chi connectivity index (χ2v) is 18.6. The lowest BCUT2D eigenvalue weighted by atomic mass is 10.0. The third-order valence-electron chi connectivity index (χ3n) is 5.69. The topological polar surface area (TPSA) is 9.23 Å². The van der Waals surface area contributed by atoms with Crippen LogP contribution in [-0.2, 0) is 0 Å². The lowest BCUT2D eigenvalue weighted by Gasteiger charge is -2.32. The lowest BCUT2D eigenvalue weighted by Crippen LogP contribution is -2.46. The van der Waals surface area contributed by atoms with E-state index in [4.69, 9.17) is 4.74 Å². The van der Waals surface area contributed by atoms with E-state index in [9.17, 15) is 0 Å². The van der Waals surface area contributed by atoms with Crippen molar-refractivity contribution in [3.05, 3.63) is 70.6 Å². The average molecular weight is 393 g/mol. The Bertz CT molecular complexity index is 900. The molecule has 1 aliphatic rings. The summed E-state index contributed by atoms with van der Waals surface area (Å²) in [5.41, 5.74) is 3.76. The van der Waals surface area contributed by atoms with Crippen LogP contribution in [0.1, 0.15) is 12.0 Å². The molecule has 3 heteroatoms. The van der Waals surface area contributed by atoms with Crippen molar-refractivity contribution in [2.75, 3.05) is 7.11 Å². The van der Waals surface area contributed by atoms with Crippen molar-refractivity contribution in [1.29, 1.82) is 0 Å². The van der Waals surface area contributed by atoms with Crippen LogP contribution >= 0.6 is 0 Å². The van der Waals surface area contributed by atoms with Crippen molar-refractivity contribution in [3.8, 4) is 16.9 Å². The quantitative estimate of drug-likeness (QED) is 0.546. The van der Waals surface area contributed by atoms with Crippen LogP contribution in [0.5, 0.6) is 5.75 Å². The molecule has 142 valence electrons. The van der Waals surface area contributed by atoms with E-state index < -0.39 is 16.1 Å². The summed E-state index contributed by atoms with van der Waals surface area (Å²) in [6.45, 7) is 14.6. The first kappa shape index (κ1) is 19.9. The second kappa shape index (κ2) is 7.29. The Morgan fingerprint density at radius 3 is 2.19 bits per heavy atom. The number of hydrogen-bond donors (Lipinski definition) is 0. The zero-order valence-electron chi connectivity index (χ0n) is 17.8. The number of ether oxygens (including phenoxy) is 1. The smallest absolute Gasteiger partial charge is 0.126 e. The van der Waals surface area contributed by atoms with Gasteiger partial charge >= 0.3 is 0 Å². The maximum atomic E-state index is 6.06. The van der Waals surface area contributed by atoms with Gasteiger partial charge in [-0.1, -0.05) is 97.2 Å². The maximum absolute atomic E-state index is 6.06. The summed E-state index contributed by atoms with van der Waals surface area (Å²) in [7, 11) is -1.39. The summed E-state index contributed by atoms with van der Waals surface area (Å²) in [5.74, 6) is 1.07. The first-order chi connectivity index (χ1) is 12.7. The van der Waals surface area contributed by atoms with Gasteiger partial charge in [-0.05, 0) is 30.2 Å². The summed E-state index contributed by atoms with van der Waals surface area (Å²) < 4.78 is 6.06. The molecule has 0 N–H and O–H groups in total. The molecule has 0 heterocycles. The standard InChI is InChI=1S/C24H32OSi2/c1-18-16-20(19-12-9-8-10-13-19)24(25-2)23(17-18)27(6,7)22-15-11-14-21(22)26(3,4)5/h8-14,16-17H,15H2,1-7H3. The minimum atomic E-state index is -1.85. The molecule has 0 saturated heterocycles. The number of allylic oxidation sites excluding steroid dienone is 4. The molecule has 3 rings (SSSR count). The van der Waals surface area contributed by atoms with E-state index in [2.05, 4.69) is 94.3 Å². The minimum absolute atomic E-state index is 1.07. The zero-order chi connectivity index (χ0) is 19.8. The van der Waals surface area contributed by atoms with Gasteiger partial charge in [0.2, 0.25) is 0 Å². The molecular weight excluding hydrogens is 360 g/mol. The van der Waals surface area contributed by atoms with Crippen LogP contribution < -0.4 is 9.92 Å². The van der Waals surface area contributed by atoms with Gasteiger partial charge in [0.1, 0.15) is 13.8 Å². The predicted octanol–water partition coefficient (Wildman–Crippen LogP) is 6.26. The highest BCUT2D eigenvalue weighted by Crippen LogP contribution is 2.37. The third kappa shape index (κ3) is 3.76. The fourth-order valence-corrected chi connectivity index (χ4v) is 11.0. The van der Waals surface area contributed by atoms with Crippen LogP contribution in [0, 0.1) is 6.92 Å². The SMILES string of the molecule is COc1c(-c2ccccc2)cc(C)cc1[Si](C)(C)C1=C([Si](C)(C)C)C=CC1. The van der Waals surface area contributed by atoms with Crippen molar-refractivity contribution < 1.29 is 4.74 Å². The largest absolute Gasteiger partial charge is 0.496 e. The summed E-state index contributed by atoms with van der Waals surface area (Å²) in [5, 5.41) is 4.78. The summed E-state index contributed by atoms with van der Waals surface area (Å²) in [6.07, 6.45) is 5.89. The second-order valence-electron chi connectivity index (χ2n) is 9.13. The number of benzene rings is 2. The van der Waals surface area contributed by atoms with Gasteiger partial charge in [0, 0.05) is 5.56 Å². The Labute approximate surface area is 166 Å². The van der Waals surface area contributed by atoms with Crippen molar-refractivity contribution in [2.45, 2.75) is 46.1 Å². The Hall–Kier alpha value is -1.85. The average Bonchev–Trinajstić information content (AvgIpc) is 3.13. The minimum Gasteiger partial charge on any atom is -0.496 e. The highest BCUT2D eigenvalue weighted by molar-refractivity contribution is 6.98. The van der Waals surface area contributed by atoms with Gasteiger partial charge in [0.05, 0.1) is 15.2 Å². The van der Waals surface area contributed by atoms with Crippen molar-refractivity contribution in [3.63, 3.8) is 0 Å². The van der Waals surface area contributed by atoms with Crippen LogP contribution in [0.2, 0.25) is 32.7 Å². The molecule has 0 saturated carbocycles. The molecule has 0 aliphatic heterocycles. The first-order valence-electron chi connectivity index (χ1n) is 9.81. The van der Waals surface area contributed by atoms with Gasteiger partial charge < -0.3 is 4.74 Å². The maximum Gasteiger partial charge on any atom is 0.126 e. The van der Waals surface area contributed by atoms with Crippen LogP contribution in [0.3, 0.4) is 0 Å². The molecule has 1 aliphatic carbocycles. The van der Waals surface area contributed by atoms with E-state index in [1.165, 1.54) is 21.9 Å². The van der Waals surface area contributed by atoms with Crippen LogP contribution in [-0.4, -0.2) is 23.3 Å². The van der Waals surface area contributed by atoms with E-state index >= 15 is 0 Å². The highest BCUT2D eigenvalue weighted by atomic mass is 28.3. The molecule has 0 bridgehead atoms. The molecule has 27 heavy (non-hydrogen) atoms. The summed E-state index contributed by atoms with van der Waals surface area (Å²) >= 11 is 0. The molecule has 0 aromatic heterocycles. The molecule has 0 fully saturated rings. The fourth-order valence-electron chi connectivity index (χ4n) is 4.25. The number of rotatable bonds is 5. The fraction of sp³-hybridized carbons (Fsp3) is 0.333. The van der Waals surface area contributed by atoms with Crippen molar-refractivity contribution in [2.24, 2.45) is 0 Å². The van der Waals surface area contributed by atoms with Gasteiger partial charge in [-0.15, -0.1) is 0 Å². The molecular formula is C24H32OSi2. The molecule has 0 unspecified atom stereocenters. The van der Waals surface area contributed by atoms with Crippen LogP contribution in [0.25, 0.3) is 11.1 Å². The van der Waals surface area contributed by atoms with Gasteiger partial charge in [0.25, 0.3) is 0 Å². The highest BCUT2D eigenvalue weighted by Gasteiger charge is 2.37. The molecule has 0 amide bonds. The molecule has 0 spiro atoms. The Balaban J connectivity index is 2.24. The van der Waals surface area contributed by atoms with Crippen LogP contribution in [0.15, 0.2) is 65.0 Å². The molecule has 0 atom stereocenters. The van der Waals surface area contributed by atoms with E-state index in [0.717, 1.165) is 12.2 Å². The monoisotopic (exact) mass is 392 g/mol. The van der Waals surface area contributed by atoms with E-state index in [1.54, 1.807) is 10.4 Å². The van der Waals surface area contributed by atoms with E-state index in [-0.39, 0.29) is 0 Å². The summed E-state index contributed by atoms with van der Waals surface area (Å²) in [6, 6.07) is 15.3. The van der Waals surface area contributed by atoms with Gasteiger partial charge in [-0.25, -0.2) is 0 Å². The Morgan fingerprint density at radius 1 is 0.926 bits per heavy atom. The third-order valence-corrected chi connectivity index (χ3v) is 11.7. The normalized spacial score (nSPS) is 14.8. The Kier molecular flexibility index (Phi) is 5.37. The van der Waals surface area contributed by atoms with Crippen LogP contribution in [0.4, 0.5) is 0 Å². The molecule has 1 nitrogen and oxygen atoms in total. The molecule has 2 aromatic rings. The Morgan fingerprint density at radius 2 is 1.59 bits per heavy atom. The summed E-state index contributed by atoms with van der Waals surface area (Å²) in [4.78, 5) is 0. The van der Waals surface area contributed by atoms with Crippen molar-refractivity contribution in [1.82, 2.24) is 0 Å².